The Balaban J connectivity index is 1.16. The average Bonchev–Trinajstić information content (AvgIpc) is 3.53. The van der Waals surface area contributed by atoms with Crippen LogP contribution in [0.1, 0.15) is 88.8 Å². The zero-order valence-electron chi connectivity index (χ0n) is 25.1. The van der Waals surface area contributed by atoms with Gasteiger partial charge in [-0.3, -0.25) is 4.79 Å². The first-order valence-electron chi connectivity index (χ1n) is 15.8. The van der Waals surface area contributed by atoms with Crippen LogP contribution in [0, 0.1) is 34.5 Å². The molecule has 6 nitrogen and oxygen atoms in total. The van der Waals surface area contributed by atoms with E-state index in [1.54, 1.807) is 7.11 Å². The molecule has 2 aliphatic heterocycles. The Morgan fingerprint density at radius 3 is 2.75 bits per heavy atom. The van der Waals surface area contributed by atoms with Crippen molar-refractivity contribution < 1.29 is 28.6 Å². The molecule has 0 unspecified atom stereocenters. The van der Waals surface area contributed by atoms with Gasteiger partial charge in [-0.1, -0.05) is 19.9 Å². The van der Waals surface area contributed by atoms with Crippen molar-refractivity contribution >= 4 is 5.78 Å². The van der Waals surface area contributed by atoms with E-state index in [2.05, 4.69) is 40.1 Å². The smallest absolute Gasteiger partial charge is 0.231 e. The lowest BCUT2D eigenvalue weighted by Gasteiger charge is -2.60. The van der Waals surface area contributed by atoms with Crippen LogP contribution < -0.4 is 14.2 Å². The Hall–Kier alpha value is -2.05. The van der Waals surface area contributed by atoms with Crippen molar-refractivity contribution in [2.45, 2.75) is 90.2 Å². The highest BCUT2D eigenvalue weighted by molar-refractivity contribution is 5.97. The van der Waals surface area contributed by atoms with Crippen molar-refractivity contribution in [3.63, 3.8) is 0 Å². The van der Waals surface area contributed by atoms with E-state index in [0.29, 0.717) is 41.1 Å². The Morgan fingerprint density at radius 1 is 1.12 bits per heavy atom. The lowest BCUT2D eigenvalue weighted by molar-refractivity contribution is -0.922. The van der Waals surface area contributed by atoms with Crippen LogP contribution in [0.4, 0.5) is 0 Å². The number of hydrogen-bond acceptors (Lipinski definition) is 5. The van der Waals surface area contributed by atoms with E-state index in [1.807, 2.05) is 0 Å². The molecule has 6 heteroatoms. The lowest BCUT2D eigenvalue weighted by Crippen LogP contribution is -2.54. The molecule has 0 aromatic heterocycles. The van der Waals surface area contributed by atoms with Gasteiger partial charge in [-0.2, -0.15) is 0 Å². The molecule has 8 atom stereocenters. The molecule has 0 radical (unpaired) electrons. The third-order valence-corrected chi connectivity index (χ3v) is 13.0. The fourth-order valence-corrected chi connectivity index (χ4v) is 10.6. The second-order valence-electron chi connectivity index (χ2n) is 15.0. The maximum absolute atomic E-state index is 14.4. The molecule has 6 aliphatic rings. The third kappa shape index (κ3) is 3.77. The van der Waals surface area contributed by atoms with Crippen molar-refractivity contribution in [3.8, 4) is 17.2 Å². The summed E-state index contributed by atoms with van der Waals surface area (Å²) in [5.74, 6) is 5.18. The quantitative estimate of drug-likeness (QED) is 0.466. The molecule has 0 spiro atoms. The van der Waals surface area contributed by atoms with Gasteiger partial charge in [0.15, 0.2) is 17.3 Å². The highest BCUT2D eigenvalue weighted by Crippen LogP contribution is 2.66. The van der Waals surface area contributed by atoms with Gasteiger partial charge < -0.3 is 23.8 Å². The van der Waals surface area contributed by atoms with Gasteiger partial charge in [-0.05, 0) is 103 Å². The number of ketones is 1. The number of methoxy groups -OCH3 is 1. The predicted molar refractivity (Wildman–Crippen MR) is 153 cm³/mol. The number of allylic oxidation sites excluding steroid dienone is 2. The predicted octanol–water partition coefficient (Wildman–Crippen LogP) is 6.00. The van der Waals surface area contributed by atoms with Crippen LogP contribution in [0.25, 0.3) is 0 Å². The van der Waals surface area contributed by atoms with Crippen LogP contribution >= 0.6 is 0 Å². The number of quaternary nitrogens is 1. The largest absolute Gasteiger partial charge is 0.492 e. The summed E-state index contributed by atoms with van der Waals surface area (Å²) in [7, 11) is 6.21. The molecular weight excluding hydrogens is 502 g/mol. The van der Waals surface area contributed by atoms with E-state index in [0.717, 1.165) is 78.1 Å². The normalized spacial score (nSPS) is 40.8. The first-order chi connectivity index (χ1) is 19.1. The number of hydrogen-bond donors (Lipinski definition) is 1. The van der Waals surface area contributed by atoms with E-state index < -0.39 is 0 Å². The lowest BCUT2D eigenvalue weighted by atomic mass is 9.44. The van der Waals surface area contributed by atoms with E-state index in [9.17, 15) is 9.90 Å². The van der Waals surface area contributed by atoms with Crippen molar-refractivity contribution in [2.75, 3.05) is 34.5 Å². The monoisotopic (exact) mass is 550 g/mol. The Bertz CT molecular complexity index is 1250. The molecule has 0 saturated heterocycles. The maximum atomic E-state index is 14.4. The number of aliphatic hydroxyl groups is 1. The zero-order valence-corrected chi connectivity index (χ0v) is 25.1. The summed E-state index contributed by atoms with van der Waals surface area (Å²) >= 11 is 0. The van der Waals surface area contributed by atoms with Crippen LogP contribution in [0.15, 0.2) is 17.7 Å². The summed E-state index contributed by atoms with van der Waals surface area (Å²) in [6, 6.07) is 2.13. The molecule has 1 aromatic rings. The Morgan fingerprint density at radius 2 is 1.95 bits per heavy atom. The number of likely N-dealkylation sites (N-methyl/N-ethyl adjacent to an activating group) is 1. The molecule has 3 saturated carbocycles. The first kappa shape index (κ1) is 26.8. The highest BCUT2D eigenvalue weighted by Gasteiger charge is 2.59. The van der Waals surface area contributed by atoms with Gasteiger partial charge in [-0.25, -0.2) is 0 Å². The molecule has 2 heterocycles. The van der Waals surface area contributed by atoms with Gasteiger partial charge in [0.05, 0.1) is 45.8 Å². The van der Waals surface area contributed by atoms with Gasteiger partial charge >= 0.3 is 0 Å². The van der Waals surface area contributed by atoms with Crippen molar-refractivity contribution in [2.24, 2.45) is 34.5 Å². The van der Waals surface area contributed by atoms with Gasteiger partial charge in [0.1, 0.15) is 6.04 Å². The highest BCUT2D eigenvalue weighted by atomic mass is 16.7. The summed E-state index contributed by atoms with van der Waals surface area (Å²) in [5.41, 5.74) is 3.79. The number of Topliss-reactive ketones (excluding diaryl/α,β-unsaturated/α-hetero) is 1. The van der Waals surface area contributed by atoms with Gasteiger partial charge in [-0.15, -0.1) is 0 Å². The molecular formula is C34H48NO5+. The average molecular weight is 551 g/mol. The van der Waals surface area contributed by atoms with Crippen molar-refractivity contribution in [1.82, 2.24) is 0 Å². The number of carbonyl (C=O) groups excluding carboxylic acids is 1. The molecule has 3 fully saturated rings. The first-order valence-corrected chi connectivity index (χ1v) is 15.8. The second-order valence-corrected chi connectivity index (χ2v) is 15.0. The number of carbonyl (C=O) groups is 1. The van der Waals surface area contributed by atoms with E-state index >= 15 is 0 Å². The third-order valence-electron chi connectivity index (χ3n) is 13.0. The fourth-order valence-electron chi connectivity index (χ4n) is 10.6. The van der Waals surface area contributed by atoms with Crippen LogP contribution in [0.3, 0.4) is 0 Å². The van der Waals surface area contributed by atoms with Crippen molar-refractivity contribution in [1.29, 1.82) is 0 Å². The summed E-state index contributed by atoms with van der Waals surface area (Å²) in [4.78, 5) is 14.4. The summed E-state index contributed by atoms with van der Waals surface area (Å²) in [6.45, 7) is 6.14. The minimum Gasteiger partial charge on any atom is -0.492 e. The van der Waals surface area contributed by atoms with E-state index in [-0.39, 0.29) is 24.4 Å². The standard InChI is InChI=1S/C34H48NO5/c1-33-13-10-22(36)17-21(33)6-7-23-24-8-9-26(34(24,2)14-11-25(23)33)28(37)18-27-30-20(12-15-35(27,3)4)16-29-31(32(30)38-5)40-19-39-29/h9,16,21-25,27,36H,6-8,10-15,17-19H2,1-5H3/q+1/t21-,22+,23-,24-,25-,27-,33-,34-/m0/s1. The number of ether oxygens (including phenoxy) is 3. The van der Waals surface area contributed by atoms with Gasteiger partial charge in [0.2, 0.25) is 12.5 Å². The fraction of sp³-hybridized carbons (Fsp3) is 0.735. The minimum absolute atomic E-state index is 0.0172. The topological polar surface area (TPSA) is 65.0 Å². The second kappa shape index (κ2) is 9.22. The van der Waals surface area contributed by atoms with Crippen LogP contribution in [0.2, 0.25) is 0 Å². The molecule has 0 amide bonds. The number of aliphatic hydroxyl groups excluding tert-OH is 1. The molecule has 1 aromatic carbocycles. The molecule has 218 valence electrons. The van der Waals surface area contributed by atoms with Gasteiger partial charge in [0, 0.05) is 6.42 Å². The Labute approximate surface area is 239 Å². The number of rotatable bonds is 4. The summed E-state index contributed by atoms with van der Waals surface area (Å²) in [5, 5.41) is 10.4. The summed E-state index contributed by atoms with van der Waals surface area (Å²) < 4.78 is 18.3. The van der Waals surface area contributed by atoms with E-state index in [1.165, 1.54) is 24.8 Å². The maximum Gasteiger partial charge on any atom is 0.231 e. The van der Waals surface area contributed by atoms with Crippen LogP contribution in [0.5, 0.6) is 17.2 Å². The number of benzene rings is 1. The Kier molecular flexibility index (Phi) is 6.19. The molecule has 7 rings (SSSR count). The van der Waals surface area contributed by atoms with Crippen molar-refractivity contribution in [3.05, 3.63) is 28.8 Å². The van der Waals surface area contributed by atoms with Crippen LogP contribution in [-0.2, 0) is 11.2 Å². The molecule has 4 aliphatic carbocycles. The SMILES string of the molecule is COc1c2c(cc3c1[C@H](CC(=O)C1=CC[C@H]4[C@@H]5CC[C@H]6C[C@H](O)CC[C@]6(C)[C@H]5CC[C@]14C)[N+](C)(C)CC3)OCO2. The van der Waals surface area contributed by atoms with Gasteiger partial charge in [0.25, 0.3) is 0 Å². The van der Waals surface area contributed by atoms with Crippen LogP contribution in [-0.4, -0.2) is 56.0 Å². The number of nitrogens with zero attached hydrogens (tertiary/aromatic N) is 1. The molecule has 1 N–H and O–H groups in total. The summed E-state index contributed by atoms with van der Waals surface area (Å²) in [6.07, 6.45) is 12.7. The zero-order chi connectivity index (χ0) is 28.0. The van der Waals surface area contributed by atoms with E-state index in [4.69, 9.17) is 14.2 Å². The number of fused-ring (bicyclic) bond motifs is 7. The molecule has 0 bridgehead atoms. The minimum atomic E-state index is -0.104. The molecule has 40 heavy (non-hydrogen) atoms.